The molecule has 0 bridgehead atoms. The van der Waals surface area contributed by atoms with Crippen molar-refractivity contribution in [1.29, 1.82) is 0 Å². The number of rotatable bonds is 7. The van der Waals surface area contributed by atoms with E-state index in [9.17, 15) is 4.79 Å². The molecule has 0 aliphatic carbocycles. The lowest BCUT2D eigenvalue weighted by Gasteiger charge is -2.30. The third kappa shape index (κ3) is 3.54. The van der Waals surface area contributed by atoms with Crippen molar-refractivity contribution < 1.29 is 19.0 Å². The monoisotopic (exact) mass is 386 g/mol. The Morgan fingerprint density at radius 2 is 2.04 bits per heavy atom. The molecule has 1 N–H and O–H groups in total. The molecule has 28 heavy (non-hydrogen) atoms. The second-order valence-electron chi connectivity index (χ2n) is 6.43. The van der Waals surface area contributed by atoms with E-state index in [0.29, 0.717) is 35.3 Å². The molecule has 0 radical (unpaired) electrons. The molecule has 2 heterocycles. The van der Waals surface area contributed by atoms with Crippen molar-refractivity contribution in [3.8, 4) is 11.5 Å². The summed E-state index contributed by atoms with van der Waals surface area (Å²) in [4.78, 5) is 17.5. The molecule has 0 spiro atoms. The standard InChI is InChI=1S/C20H26N4O4/c1-6-8-15-17(19(25)28-7-2)18(24-20(22-15)21-12(3)23-24)14-11-13(26-4)9-10-16(14)27-5/h9-11,18H,6-8H2,1-5H3,(H,21,22,23)/t18-/m0/s1. The number of fused-ring (bicyclic) bond motifs is 1. The highest BCUT2D eigenvalue weighted by atomic mass is 16.5. The molecule has 2 aromatic rings. The van der Waals surface area contributed by atoms with Crippen LogP contribution in [0.1, 0.15) is 44.1 Å². The number of ether oxygens (including phenoxy) is 3. The number of aryl methyl sites for hydroxylation is 1. The summed E-state index contributed by atoms with van der Waals surface area (Å²) < 4.78 is 18.1. The molecule has 0 saturated heterocycles. The first-order chi connectivity index (χ1) is 13.5. The highest BCUT2D eigenvalue weighted by molar-refractivity contribution is 5.92. The number of hydrogen-bond donors (Lipinski definition) is 1. The summed E-state index contributed by atoms with van der Waals surface area (Å²) >= 11 is 0. The Bertz CT molecular complexity index is 904. The largest absolute Gasteiger partial charge is 0.497 e. The van der Waals surface area contributed by atoms with E-state index in [1.165, 1.54) is 0 Å². The van der Waals surface area contributed by atoms with E-state index >= 15 is 0 Å². The van der Waals surface area contributed by atoms with Gasteiger partial charge in [-0.15, -0.1) is 0 Å². The van der Waals surface area contributed by atoms with Crippen LogP contribution in [0.4, 0.5) is 5.95 Å². The number of nitrogens with zero attached hydrogens (tertiary/aromatic N) is 3. The summed E-state index contributed by atoms with van der Waals surface area (Å²) in [6.45, 7) is 5.95. The number of hydrogen-bond acceptors (Lipinski definition) is 7. The van der Waals surface area contributed by atoms with Gasteiger partial charge in [-0.1, -0.05) is 13.3 Å². The molecule has 1 aromatic heterocycles. The predicted molar refractivity (Wildman–Crippen MR) is 105 cm³/mol. The van der Waals surface area contributed by atoms with Gasteiger partial charge in [-0.05, 0) is 38.5 Å². The van der Waals surface area contributed by atoms with E-state index < -0.39 is 6.04 Å². The Kier molecular flexibility index (Phi) is 5.87. The number of benzene rings is 1. The van der Waals surface area contributed by atoms with E-state index in [1.807, 2.05) is 25.1 Å². The fourth-order valence-electron chi connectivity index (χ4n) is 3.42. The van der Waals surface area contributed by atoms with Gasteiger partial charge in [0.05, 0.1) is 26.4 Å². The van der Waals surface area contributed by atoms with Gasteiger partial charge >= 0.3 is 5.97 Å². The van der Waals surface area contributed by atoms with Crippen molar-refractivity contribution >= 4 is 11.9 Å². The van der Waals surface area contributed by atoms with Crippen LogP contribution in [0.5, 0.6) is 11.5 Å². The molecule has 1 aliphatic rings. The normalized spacial score (nSPS) is 15.7. The van der Waals surface area contributed by atoms with E-state index in [1.54, 1.807) is 25.8 Å². The maximum atomic E-state index is 13.0. The molecule has 0 saturated carbocycles. The average Bonchev–Trinajstić information content (AvgIpc) is 3.06. The lowest BCUT2D eigenvalue weighted by molar-refractivity contribution is -0.139. The zero-order chi connectivity index (χ0) is 20.3. The Morgan fingerprint density at radius 1 is 1.25 bits per heavy atom. The quantitative estimate of drug-likeness (QED) is 0.731. The van der Waals surface area contributed by atoms with Crippen molar-refractivity contribution in [1.82, 2.24) is 14.8 Å². The Hall–Kier alpha value is -3.03. The fourth-order valence-corrected chi connectivity index (χ4v) is 3.42. The van der Waals surface area contributed by atoms with Crippen LogP contribution in [0.15, 0.2) is 29.5 Å². The fraction of sp³-hybridized carbons (Fsp3) is 0.450. The van der Waals surface area contributed by atoms with Gasteiger partial charge in [0.1, 0.15) is 23.4 Å². The van der Waals surface area contributed by atoms with Crippen molar-refractivity contribution in [3.63, 3.8) is 0 Å². The van der Waals surface area contributed by atoms with Gasteiger partial charge in [-0.2, -0.15) is 10.1 Å². The molecular formula is C20H26N4O4. The summed E-state index contributed by atoms with van der Waals surface area (Å²) in [6, 6.07) is 4.96. The number of aromatic nitrogens is 3. The van der Waals surface area contributed by atoms with Crippen molar-refractivity contribution in [2.45, 2.75) is 39.7 Å². The second-order valence-corrected chi connectivity index (χ2v) is 6.43. The SMILES string of the molecule is CCCC1=C(C(=O)OCC)[C@H](c2cc(OC)ccc2OC)n2nc(C)nc2N1. The van der Waals surface area contributed by atoms with Crippen LogP contribution >= 0.6 is 0 Å². The highest BCUT2D eigenvalue weighted by Crippen LogP contribution is 2.41. The highest BCUT2D eigenvalue weighted by Gasteiger charge is 2.37. The zero-order valence-electron chi connectivity index (χ0n) is 16.9. The Labute approximate surface area is 164 Å². The summed E-state index contributed by atoms with van der Waals surface area (Å²) in [5, 5.41) is 7.80. The molecule has 0 fully saturated rings. The van der Waals surface area contributed by atoms with Gasteiger partial charge in [0.15, 0.2) is 0 Å². The molecule has 1 aliphatic heterocycles. The zero-order valence-corrected chi connectivity index (χ0v) is 16.9. The summed E-state index contributed by atoms with van der Waals surface area (Å²) in [5.74, 6) is 2.10. The van der Waals surface area contributed by atoms with Crippen molar-refractivity contribution in [2.75, 3.05) is 26.1 Å². The Balaban J connectivity index is 2.27. The minimum Gasteiger partial charge on any atom is -0.497 e. The molecule has 3 rings (SSSR count). The minimum absolute atomic E-state index is 0.285. The van der Waals surface area contributed by atoms with Gasteiger partial charge in [-0.3, -0.25) is 0 Å². The Morgan fingerprint density at radius 3 is 2.68 bits per heavy atom. The van der Waals surface area contributed by atoms with Crippen LogP contribution in [-0.4, -0.2) is 41.6 Å². The predicted octanol–water partition coefficient (Wildman–Crippen LogP) is 3.24. The topological polar surface area (TPSA) is 87.5 Å². The number of anilines is 1. The summed E-state index contributed by atoms with van der Waals surface area (Å²) in [6.07, 6.45) is 1.54. The van der Waals surface area contributed by atoms with Gasteiger partial charge < -0.3 is 19.5 Å². The van der Waals surface area contributed by atoms with E-state index in [-0.39, 0.29) is 12.6 Å². The molecular weight excluding hydrogens is 360 g/mol. The van der Waals surface area contributed by atoms with E-state index in [4.69, 9.17) is 14.2 Å². The van der Waals surface area contributed by atoms with Crippen LogP contribution in [-0.2, 0) is 9.53 Å². The number of allylic oxidation sites excluding steroid dienone is 1. The first-order valence-corrected chi connectivity index (χ1v) is 9.36. The lowest BCUT2D eigenvalue weighted by Crippen LogP contribution is -2.30. The van der Waals surface area contributed by atoms with E-state index in [2.05, 4.69) is 22.3 Å². The molecule has 1 atom stereocenters. The van der Waals surface area contributed by atoms with Crippen LogP contribution in [0, 0.1) is 6.92 Å². The summed E-state index contributed by atoms with van der Waals surface area (Å²) in [7, 11) is 3.20. The third-order valence-corrected chi connectivity index (χ3v) is 4.57. The molecule has 8 heteroatoms. The van der Waals surface area contributed by atoms with Crippen molar-refractivity contribution in [3.05, 3.63) is 40.9 Å². The summed E-state index contributed by atoms with van der Waals surface area (Å²) in [5.41, 5.74) is 2.05. The van der Waals surface area contributed by atoms with Crippen LogP contribution in [0.25, 0.3) is 0 Å². The maximum Gasteiger partial charge on any atom is 0.338 e. The number of nitrogens with one attached hydrogen (secondary N) is 1. The second kappa shape index (κ2) is 8.33. The van der Waals surface area contributed by atoms with Gasteiger partial charge in [0.25, 0.3) is 0 Å². The molecule has 0 unspecified atom stereocenters. The first kappa shape index (κ1) is 19.7. The number of esters is 1. The lowest BCUT2D eigenvalue weighted by atomic mass is 9.93. The van der Waals surface area contributed by atoms with E-state index in [0.717, 1.165) is 17.7 Å². The van der Waals surface area contributed by atoms with Gasteiger partial charge in [-0.25, -0.2) is 9.48 Å². The minimum atomic E-state index is -0.539. The molecule has 0 amide bonds. The molecule has 8 nitrogen and oxygen atoms in total. The van der Waals surface area contributed by atoms with Crippen LogP contribution in [0.3, 0.4) is 0 Å². The van der Waals surface area contributed by atoms with Crippen LogP contribution < -0.4 is 14.8 Å². The van der Waals surface area contributed by atoms with Gasteiger partial charge in [0, 0.05) is 11.3 Å². The van der Waals surface area contributed by atoms with Crippen molar-refractivity contribution in [2.24, 2.45) is 0 Å². The van der Waals surface area contributed by atoms with Crippen LogP contribution in [0.2, 0.25) is 0 Å². The third-order valence-electron chi connectivity index (χ3n) is 4.57. The number of methoxy groups -OCH3 is 2. The maximum absolute atomic E-state index is 13.0. The smallest absolute Gasteiger partial charge is 0.338 e. The van der Waals surface area contributed by atoms with Gasteiger partial charge in [0.2, 0.25) is 5.95 Å². The number of carbonyl (C=O) groups is 1. The molecule has 1 aromatic carbocycles. The molecule has 150 valence electrons. The average molecular weight is 386 g/mol. The number of carbonyl (C=O) groups excluding carboxylic acids is 1. The first-order valence-electron chi connectivity index (χ1n) is 9.36.